The Bertz CT molecular complexity index is 50.5. The molecule has 0 saturated carbocycles. The molecular formula is C6H14ClN. The second-order valence-corrected chi connectivity index (χ2v) is 2.45. The van der Waals surface area contributed by atoms with Crippen LogP contribution in [0.4, 0.5) is 0 Å². The summed E-state index contributed by atoms with van der Waals surface area (Å²) >= 11 is 0. The lowest BCUT2D eigenvalue weighted by molar-refractivity contribution is 0.405. The average molecular weight is 136 g/mol. The zero-order valence-electron chi connectivity index (χ0n) is 5.31. The molecule has 8 heavy (non-hydrogen) atoms. The van der Waals surface area contributed by atoms with Crippen LogP contribution in [-0.2, 0) is 0 Å². The van der Waals surface area contributed by atoms with Crippen molar-refractivity contribution in [3.8, 4) is 0 Å². The Labute approximate surface area is 57.3 Å². The van der Waals surface area contributed by atoms with Gasteiger partial charge in [-0.2, -0.15) is 0 Å². The average Bonchev–Trinajstić information content (AvgIpc) is 1.69. The molecule has 0 aromatic rings. The van der Waals surface area contributed by atoms with E-state index in [1.807, 2.05) is 0 Å². The van der Waals surface area contributed by atoms with Crippen molar-refractivity contribution in [2.45, 2.75) is 19.8 Å². The maximum atomic E-state index is 3.33. The largest absolute Gasteiger partial charge is 0.316 e. The third-order valence-electron chi connectivity index (χ3n) is 1.54. The van der Waals surface area contributed by atoms with Crippen molar-refractivity contribution < 1.29 is 0 Å². The molecule has 0 amide bonds. The van der Waals surface area contributed by atoms with Crippen LogP contribution in [0, 0.1) is 5.92 Å². The summed E-state index contributed by atoms with van der Waals surface area (Å²) in [5.41, 5.74) is 0. The quantitative estimate of drug-likeness (QED) is 0.530. The lowest BCUT2D eigenvalue weighted by atomic mass is 10.0. The molecule has 1 atom stereocenters. The Morgan fingerprint density at radius 2 is 2.25 bits per heavy atom. The van der Waals surface area contributed by atoms with Gasteiger partial charge in [0.25, 0.3) is 0 Å². The topological polar surface area (TPSA) is 12.0 Å². The van der Waals surface area contributed by atoms with E-state index in [4.69, 9.17) is 0 Å². The Hall–Kier alpha value is 0.250. The van der Waals surface area contributed by atoms with Gasteiger partial charge in [0.15, 0.2) is 0 Å². The normalized spacial score (nSPS) is 28.9. The maximum Gasteiger partial charge on any atom is -0.00231 e. The highest BCUT2D eigenvalue weighted by atomic mass is 35.5. The molecule has 0 bridgehead atoms. The highest BCUT2D eigenvalue weighted by molar-refractivity contribution is 5.85. The number of hydrogen-bond acceptors (Lipinski definition) is 1. The maximum absolute atomic E-state index is 3.33. The summed E-state index contributed by atoms with van der Waals surface area (Å²) < 4.78 is 0. The number of halogens is 1. The minimum absolute atomic E-state index is 0. The Morgan fingerprint density at radius 3 is 2.50 bits per heavy atom. The second-order valence-electron chi connectivity index (χ2n) is 2.45. The molecule has 1 aliphatic heterocycles. The molecular weight excluding hydrogens is 122 g/mol. The van der Waals surface area contributed by atoms with Gasteiger partial charge < -0.3 is 5.32 Å². The third-order valence-corrected chi connectivity index (χ3v) is 1.54. The van der Waals surface area contributed by atoms with Gasteiger partial charge in [0.05, 0.1) is 0 Å². The fourth-order valence-corrected chi connectivity index (χ4v) is 1.03. The lowest BCUT2D eigenvalue weighted by Crippen LogP contribution is -2.27. The monoisotopic (exact) mass is 135 g/mol. The molecule has 2 heteroatoms. The molecule has 0 radical (unpaired) electrons. The van der Waals surface area contributed by atoms with Crippen LogP contribution in [0.25, 0.3) is 0 Å². The standard InChI is InChI=1S/C6H13N.ClH/c1-6-3-2-4-7-5-6;/h6-7H,2-5H2,1H3;1H/t6-;/m1./s1. The van der Waals surface area contributed by atoms with E-state index in [9.17, 15) is 0 Å². The van der Waals surface area contributed by atoms with Gasteiger partial charge in [0, 0.05) is 0 Å². The SMILES string of the molecule is C[C@@H]1CCCNC1.Cl. The second kappa shape index (κ2) is 4.16. The molecule has 0 aromatic carbocycles. The molecule has 50 valence electrons. The molecule has 1 aliphatic rings. The van der Waals surface area contributed by atoms with Gasteiger partial charge in [-0.05, 0) is 31.8 Å². The Morgan fingerprint density at radius 1 is 1.50 bits per heavy atom. The van der Waals surface area contributed by atoms with Crippen molar-refractivity contribution in [3.63, 3.8) is 0 Å². The molecule has 1 fully saturated rings. The van der Waals surface area contributed by atoms with E-state index in [0.29, 0.717) is 0 Å². The predicted octanol–water partition coefficient (Wildman–Crippen LogP) is 1.43. The van der Waals surface area contributed by atoms with Crippen molar-refractivity contribution >= 4 is 12.4 Å². The summed E-state index contributed by atoms with van der Waals surface area (Å²) in [6.45, 7) is 4.77. The van der Waals surface area contributed by atoms with Crippen LogP contribution in [0.15, 0.2) is 0 Å². The first-order valence-electron chi connectivity index (χ1n) is 3.10. The smallest absolute Gasteiger partial charge is 0.00231 e. The minimum Gasteiger partial charge on any atom is -0.316 e. The summed E-state index contributed by atoms with van der Waals surface area (Å²) in [5, 5.41) is 3.33. The first-order valence-corrected chi connectivity index (χ1v) is 3.10. The molecule has 1 saturated heterocycles. The summed E-state index contributed by atoms with van der Waals surface area (Å²) in [7, 11) is 0. The number of nitrogens with one attached hydrogen (secondary N) is 1. The van der Waals surface area contributed by atoms with Gasteiger partial charge in [0.2, 0.25) is 0 Å². The molecule has 0 aliphatic carbocycles. The van der Waals surface area contributed by atoms with Crippen LogP contribution >= 0.6 is 12.4 Å². The van der Waals surface area contributed by atoms with Gasteiger partial charge in [-0.15, -0.1) is 12.4 Å². The van der Waals surface area contributed by atoms with E-state index in [1.54, 1.807) is 0 Å². The fraction of sp³-hybridized carbons (Fsp3) is 1.00. The highest BCUT2D eigenvalue weighted by Crippen LogP contribution is 2.06. The Kier molecular flexibility index (Phi) is 4.29. The predicted molar refractivity (Wildman–Crippen MR) is 38.5 cm³/mol. The van der Waals surface area contributed by atoms with E-state index in [2.05, 4.69) is 12.2 Å². The first kappa shape index (κ1) is 8.25. The van der Waals surface area contributed by atoms with E-state index in [1.165, 1.54) is 25.9 Å². The van der Waals surface area contributed by atoms with Crippen LogP contribution in [0.2, 0.25) is 0 Å². The van der Waals surface area contributed by atoms with Crippen LogP contribution in [0.1, 0.15) is 19.8 Å². The summed E-state index contributed by atoms with van der Waals surface area (Å²) in [5.74, 6) is 0.925. The first-order chi connectivity index (χ1) is 3.39. The van der Waals surface area contributed by atoms with Gasteiger partial charge in [-0.25, -0.2) is 0 Å². The molecule has 0 aromatic heterocycles. The van der Waals surface area contributed by atoms with Gasteiger partial charge in [-0.1, -0.05) is 6.92 Å². The molecule has 0 unspecified atom stereocenters. The molecule has 1 heterocycles. The zero-order valence-corrected chi connectivity index (χ0v) is 6.13. The van der Waals surface area contributed by atoms with Crippen LogP contribution in [0.5, 0.6) is 0 Å². The van der Waals surface area contributed by atoms with E-state index in [-0.39, 0.29) is 12.4 Å². The highest BCUT2D eigenvalue weighted by Gasteiger charge is 2.04. The van der Waals surface area contributed by atoms with Crippen molar-refractivity contribution in [2.75, 3.05) is 13.1 Å². The molecule has 1 N–H and O–H groups in total. The Balaban J connectivity index is 0.000000490. The zero-order chi connectivity index (χ0) is 5.11. The number of piperidine rings is 1. The van der Waals surface area contributed by atoms with Gasteiger partial charge >= 0.3 is 0 Å². The number of hydrogen-bond donors (Lipinski definition) is 1. The third kappa shape index (κ3) is 2.53. The minimum atomic E-state index is 0. The lowest BCUT2D eigenvalue weighted by Gasteiger charge is -2.17. The fourth-order valence-electron chi connectivity index (χ4n) is 1.03. The van der Waals surface area contributed by atoms with Crippen LogP contribution in [0.3, 0.4) is 0 Å². The molecule has 0 spiro atoms. The summed E-state index contributed by atoms with van der Waals surface area (Å²) in [6.07, 6.45) is 2.80. The van der Waals surface area contributed by atoms with Crippen LogP contribution in [-0.4, -0.2) is 13.1 Å². The van der Waals surface area contributed by atoms with E-state index < -0.39 is 0 Å². The summed E-state index contributed by atoms with van der Waals surface area (Å²) in [6, 6.07) is 0. The van der Waals surface area contributed by atoms with Crippen molar-refractivity contribution in [3.05, 3.63) is 0 Å². The van der Waals surface area contributed by atoms with Gasteiger partial charge in [0.1, 0.15) is 0 Å². The van der Waals surface area contributed by atoms with Crippen molar-refractivity contribution in [1.82, 2.24) is 5.32 Å². The molecule has 1 rings (SSSR count). The van der Waals surface area contributed by atoms with Gasteiger partial charge in [-0.3, -0.25) is 0 Å². The summed E-state index contributed by atoms with van der Waals surface area (Å²) in [4.78, 5) is 0. The van der Waals surface area contributed by atoms with E-state index in [0.717, 1.165) is 5.92 Å². The molecule has 1 nitrogen and oxygen atoms in total. The number of rotatable bonds is 0. The van der Waals surface area contributed by atoms with Crippen LogP contribution < -0.4 is 5.32 Å². The van der Waals surface area contributed by atoms with Crippen molar-refractivity contribution in [1.29, 1.82) is 0 Å². The van der Waals surface area contributed by atoms with E-state index >= 15 is 0 Å². The van der Waals surface area contributed by atoms with Crippen molar-refractivity contribution in [2.24, 2.45) is 5.92 Å².